The number of nitrogens with two attached hydrogens (primary N) is 1. The Bertz CT molecular complexity index is 894. The van der Waals surface area contributed by atoms with Crippen LogP contribution in [-0.4, -0.2) is 95.4 Å². The number of benzene rings is 1. The Kier molecular flexibility index (Phi) is 5.33. The first kappa shape index (κ1) is 20.1. The zero-order valence-corrected chi connectivity index (χ0v) is 17.2. The molecule has 0 radical (unpaired) electrons. The highest BCUT2D eigenvalue weighted by Crippen LogP contribution is 2.27. The molecule has 3 N–H and O–H groups in total. The van der Waals surface area contributed by atoms with Gasteiger partial charge in [-0.2, -0.15) is 0 Å². The highest BCUT2D eigenvalue weighted by Gasteiger charge is 2.49. The molecule has 1 aromatic rings. The summed E-state index contributed by atoms with van der Waals surface area (Å²) >= 11 is 0. The predicted molar refractivity (Wildman–Crippen MR) is 110 cm³/mol. The smallest absolute Gasteiger partial charge is 0.325 e. The van der Waals surface area contributed by atoms with Crippen molar-refractivity contribution in [1.82, 2.24) is 24.9 Å². The van der Waals surface area contributed by atoms with E-state index in [-0.39, 0.29) is 18.4 Å². The van der Waals surface area contributed by atoms with Gasteiger partial charge in [0.15, 0.2) is 18.2 Å². The Balaban J connectivity index is 1.59. The van der Waals surface area contributed by atoms with E-state index in [9.17, 15) is 14.4 Å². The summed E-state index contributed by atoms with van der Waals surface area (Å²) in [4.78, 5) is 48.5. The first-order valence-corrected chi connectivity index (χ1v) is 10.1. The highest BCUT2D eigenvalue weighted by atomic mass is 16.2. The third-order valence-electron chi connectivity index (χ3n) is 5.81. The van der Waals surface area contributed by atoms with E-state index in [1.807, 2.05) is 34.9 Å². The van der Waals surface area contributed by atoms with Gasteiger partial charge in [0.2, 0.25) is 5.91 Å². The van der Waals surface area contributed by atoms with Crippen molar-refractivity contribution in [2.24, 2.45) is 10.7 Å². The molecule has 2 fully saturated rings. The topological polar surface area (TPSA) is 115 Å². The molecule has 2 saturated heterocycles. The minimum atomic E-state index is -0.577. The summed E-state index contributed by atoms with van der Waals surface area (Å²) in [6.45, 7) is 5.46. The maximum absolute atomic E-state index is 12.7. The lowest BCUT2D eigenvalue weighted by Gasteiger charge is -2.40. The van der Waals surface area contributed by atoms with Crippen LogP contribution in [-0.2, 0) is 16.1 Å². The molecule has 160 valence electrons. The van der Waals surface area contributed by atoms with Crippen molar-refractivity contribution in [3.05, 3.63) is 35.4 Å². The first-order valence-electron chi connectivity index (χ1n) is 10.1. The lowest BCUT2D eigenvalue weighted by Crippen LogP contribution is -2.64. The highest BCUT2D eigenvalue weighted by molar-refractivity contribution is 6.03. The van der Waals surface area contributed by atoms with Crippen molar-refractivity contribution >= 4 is 23.8 Å². The number of hydrogen-bond acceptors (Lipinski definition) is 7. The number of fused-ring (bicyclic) bond motifs is 1. The largest absolute Gasteiger partial charge is 0.369 e. The van der Waals surface area contributed by atoms with Gasteiger partial charge in [0.1, 0.15) is 0 Å². The van der Waals surface area contributed by atoms with E-state index in [2.05, 4.69) is 16.3 Å². The summed E-state index contributed by atoms with van der Waals surface area (Å²) < 4.78 is 0. The van der Waals surface area contributed by atoms with E-state index in [4.69, 9.17) is 10.7 Å². The average Bonchev–Trinajstić information content (AvgIpc) is 3.06. The lowest BCUT2D eigenvalue weighted by atomic mass is 10.1. The van der Waals surface area contributed by atoms with Gasteiger partial charge in [-0.3, -0.25) is 19.8 Å². The van der Waals surface area contributed by atoms with Crippen LogP contribution < -0.4 is 11.1 Å². The SMILES string of the molecule is Cc1cccc(CN2C(N3CCN(CC(N)=O)CC3)=NC3C2C(=O)NC(=O)N3C)c1. The van der Waals surface area contributed by atoms with Crippen molar-refractivity contribution in [1.29, 1.82) is 0 Å². The molecule has 0 bridgehead atoms. The Labute approximate surface area is 175 Å². The second-order valence-corrected chi connectivity index (χ2v) is 8.04. The molecule has 2 unspecified atom stereocenters. The number of aryl methyl sites for hydroxylation is 1. The summed E-state index contributed by atoms with van der Waals surface area (Å²) in [6.07, 6.45) is -0.560. The van der Waals surface area contributed by atoms with Crippen molar-refractivity contribution < 1.29 is 14.4 Å². The summed E-state index contributed by atoms with van der Waals surface area (Å²) in [5, 5.41) is 2.43. The van der Waals surface area contributed by atoms with Crippen LogP contribution in [0.4, 0.5) is 4.79 Å². The van der Waals surface area contributed by atoms with E-state index in [0.29, 0.717) is 38.7 Å². The van der Waals surface area contributed by atoms with Gasteiger partial charge in [0.05, 0.1) is 6.54 Å². The molecule has 0 saturated carbocycles. The van der Waals surface area contributed by atoms with Gasteiger partial charge >= 0.3 is 6.03 Å². The quantitative estimate of drug-likeness (QED) is 0.664. The van der Waals surface area contributed by atoms with E-state index >= 15 is 0 Å². The molecule has 0 aromatic heterocycles. The van der Waals surface area contributed by atoms with Crippen LogP contribution in [0.1, 0.15) is 11.1 Å². The maximum atomic E-state index is 12.7. The van der Waals surface area contributed by atoms with Crippen molar-refractivity contribution in [3.63, 3.8) is 0 Å². The second kappa shape index (κ2) is 7.94. The minimum absolute atomic E-state index is 0.234. The number of carbonyl (C=O) groups is 3. The molecule has 4 rings (SSSR count). The van der Waals surface area contributed by atoms with Crippen LogP contribution in [0.2, 0.25) is 0 Å². The number of likely N-dealkylation sites (N-methyl/N-ethyl adjacent to an activating group) is 1. The van der Waals surface area contributed by atoms with Crippen LogP contribution >= 0.6 is 0 Å². The number of guanidine groups is 1. The number of aliphatic imine (C=N–C) groups is 1. The summed E-state index contributed by atoms with van der Waals surface area (Å²) in [5.74, 6) is 0.0364. The maximum Gasteiger partial charge on any atom is 0.325 e. The van der Waals surface area contributed by atoms with Crippen LogP contribution in [0.15, 0.2) is 29.3 Å². The summed E-state index contributed by atoms with van der Waals surface area (Å²) in [6, 6.07) is 7.13. The molecule has 4 amide bonds. The number of primary amides is 1. The monoisotopic (exact) mass is 413 g/mol. The van der Waals surface area contributed by atoms with Gasteiger partial charge in [-0.05, 0) is 12.5 Å². The van der Waals surface area contributed by atoms with Gasteiger partial charge in [-0.25, -0.2) is 9.79 Å². The molecule has 10 heteroatoms. The van der Waals surface area contributed by atoms with Gasteiger partial charge in [0, 0.05) is 39.8 Å². The van der Waals surface area contributed by atoms with Crippen LogP contribution in [0, 0.1) is 6.92 Å². The molecule has 30 heavy (non-hydrogen) atoms. The number of carbonyl (C=O) groups excluding carboxylic acids is 3. The molecule has 3 aliphatic heterocycles. The van der Waals surface area contributed by atoms with Crippen LogP contribution in [0.25, 0.3) is 0 Å². The molecule has 0 aliphatic carbocycles. The molecule has 3 aliphatic rings. The fourth-order valence-electron chi connectivity index (χ4n) is 4.28. The number of urea groups is 1. The standard InChI is InChI=1S/C20H27N7O3/c1-13-4-3-5-14(10-13)11-27-16-17(24(2)20(30)23-18(16)29)22-19(27)26-8-6-25(7-9-26)12-15(21)28/h3-5,10,16-17H,6-9,11-12H2,1-2H3,(H2,21,28)(H,23,29,30). The molecular formula is C20H27N7O3. The molecule has 1 aromatic carbocycles. The zero-order chi connectivity index (χ0) is 21.4. The number of rotatable bonds is 4. The fraction of sp³-hybridized carbons (Fsp3) is 0.500. The Morgan fingerprint density at radius 2 is 1.97 bits per heavy atom. The normalized spacial score (nSPS) is 24.6. The van der Waals surface area contributed by atoms with Crippen molar-refractivity contribution in [2.75, 3.05) is 39.8 Å². The number of amides is 4. The summed E-state index contributed by atoms with van der Waals surface area (Å²) in [7, 11) is 1.65. The average molecular weight is 413 g/mol. The van der Waals surface area contributed by atoms with Gasteiger partial charge in [0.25, 0.3) is 5.91 Å². The third-order valence-corrected chi connectivity index (χ3v) is 5.81. The van der Waals surface area contributed by atoms with Crippen LogP contribution in [0.5, 0.6) is 0 Å². The third kappa shape index (κ3) is 3.82. The Morgan fingerprint density at radius 3 is 2.63 bits per heavy atom. The second-order valence-electron chi connectivity index (χ2n) is 8.04. The number of nitrogens with zero attached hydrogens (tertiary/aromatic N) is 5. The fourth-order valence-corrected chi connectivity index (χ4v) is 4.28. The minimum Gasteiger partial charge on any atom is -0.369 e. The predicted octanol–water partition coefficient (Wildman–Crippen LogP) is -0.854. The van der Waals surface area contributed by atoms with Gasteiger partial charge in [-0.15, -0.1) is 0 Å². The molecule has 10 nitrogen and oxygen atoms in total. The van der Waals surface area contributed by atoms with Gasteiger partial charge < -0.3 is 20.4 Å². The lowest BCUT2D eigenvalue weighted by molar-refractivity contribution is -0.127. The molecule has 3 heterocycles. The van der Waals surface area contributed by atoms with Crippen molar-refractivity contribution in [3.8, 4) is 0 Å². The Hall–Kier alpha value is -3.14. The zero-order valence-electron chi connectivity index (χ0n) is 17.2. The van der Waals surface area contributed by atoms with Crippen molar-refractivity contribution in [2.45, 2.75) is 25.7 Å². The van der Waals surface area contributed by atoms with E-state index in [1.165, 1.54) is 4.90 Å². The van der Waals surface area contributed by atoms with Gasteiger partial charge in [-0.1, -0.05) is 29.8 Å². The molecular weight excluding hydrogens is 386 g/mol. The van der Waals surface area contributed by atoms with E-state index in [1.54, 1.807) is 7.05 Å². The summed E-state index contributed by atoms with van der Waals surface area (Å²) in [5.41, 5.74) is 7.53. The van der Waals surface area contributed by atoms with Crippen LogP contribution in [0.3, 0.4) is 0 Å². The number of piperazine rings is 1. The number of nitrogens with one attached hydrogen (secondary N) is 1. The first-order chi connectivity index (χ1) is 14.3. The number of hydrogen-bond donors (Lipinski definition) is 2. The Morgan fingerprint density at radius 1 is 1.23 bits per heavy atom. The van der Waals surface area contributed by atoms with E-state index in [0.717, 1.165) is 11.1 Å². The van der Waals surface area contributed by atoms with E-state index < -0.39 is 18.2 Å². The number of imide groups is 1. The molecule has 2 atom stereocenters. The molecule has 0 spiro atoms.